The van der Waals surface area contributed by atoms with Crippen molar-refractivity contribution < 1.29 is 14.0 Å². The first-order chi connectivity index (χ1) is 15.1. The summed E-state index contributed by atoms with van der Waals surface area (Å²) in [4.78, 5) is 32.0. The van der Waals surface area contributed by atoms with Crippen LogP contribution < -0.4 is 5.32 Å². The second kappa shape index (κ2) is 9.75. The number of fused-ring (bicyclic) bond motifs is 1. The van der Waals surface area contributed by atoms with Gasteiger partial charge in [-0.05, 0) is 48.7 Å². The van der Waals surface area contributed by atoms with Gasteiger partial charge in [0.1, 0.15) is 5.82 Å². The first-order valence-electron chi connectivity index (χ1n) is 10.7. The highest BCUT2D eigenvalue weighted by molar-refractivity contribution is 5.92. The highest BCUT2D eigenvalue weighted by Gasteiger charge is 2.22. The minimum atomic E-state index is -0.333. The molecule has 2 N–H and O–H groups in total. The topological polar surface area (TPSA) is 68.4 Å². The maximum atomic E-state index is 13.0. The molecule has 4 rings (SSSR count). The molecule has 7 heteroatoms. The van der Waals surface area contributed by atoms with E-state index in [1.165, 1.54) is 23.1 Å². The third-order valence-corrected chi connectivity index (χ3v) is 5.73. The molecule has 0 atom stereocenters. The molecule has 1 aliphatic rings. The molecule has 6 nitrogen and oxygen atoms in total. The summed E-state index contributed by atoms with van der Waals surface area (Å²) < 4.78 is 13.0. The Bertz CT molecular complexity index is 1040. The molecule has 0 saturated carbocycles. The van der Waals surface area contributed by atoms with Crippen molar-refractivity contribution in [1.82, 2.24) is 14.8 Å². The highest BCUT2D eigenvalue weighted by atomic mass is 19.1. The number of hydrogen-bond donors (Lipinski definition) is 2. The van der Waals surface area contributed by atoms with E-state index >= 15 is 0 Å². The fraction of sp³-hybridized carbons (Fsp3) is 0.333. The van der Waals surface area contributed by atoms with Crippen LogP contribution in [-0.4, -0.2) is 59.3 Å². The van der Waals surface area contributed by atoms with Crippen LogP contribution in [0.5, 0.6) is 0 Å². The van der Waals surface area contributed by atoms with Crippen LogP contribution in [0.2, 0.25) is 0 Å². The lowest BCUT2D eigenvalue weighted by Gasteiger charge is -2.34. The van der Waals surface area contributed by atoms with Crippen LogP contribution in [0.25, 0.3) is 10.9 Å². The summed E-state index contributed by atoms with van der Waals surface area (Å²) in [6.45, 7) is 2.88. The Morgan fingerprint density at radius 2 is 1.74 bits per heavy atom. The summed E-state index contributed by atoms with van der Waals surface area (Å²) in [6.07, 6.45) is 4.26. The summed E-state index contributed by atoms with van der Waals surface area (Å²) >= 11 is 0. The van der Waals surface area contributed by atoms with Gasteiger partial charge >= 0.3 is 0 Å². The number of nitrogens with zero attached hydrogens (tertiary/aromatic N) is 2. The lowest BCUT2D eigenvalue weighted by molar-refractivity contribution is -0.133. The maximum absolute atomic E-state index is 13.0. The number of benzene rings is 2. The van der Waals surface area contributed by atoms with Crippen molar-refractivity contribution in [2.75, 3.05) is 38.0 Å². The maximum Gasteiger partial charge on any atom is 0.238 e. The van der Waals surface area contributed by atoms with Crippen LogP contribution in [-0.2, 0) is 16.0 Å². The molecule has 0 radical (unpaired) electrons. The molecule has 0 unspecified atom stereocenters. The number of aryl methyl sites for hydroxylation is 1. The zero-order valence-electron chi connectivity index (χ0n) is 17.4. The fourth-order valence-electron chi connectivity index (χ4n) is 4.02. The summed E-state index contributed by atoms with van der Waals surface area (Å²) in [5.74, 6) is -0.291. The molecule has 31 heavy (non-hydrogen) atoms. The van der Waals surface area contributed by atoms with Gasteiger partial charge in [-0.3, -0.25) is 14.5 Å². The number of amides is 2. The molecule has 1 aromatic heterocycles. The zero-order valence-corrected chi connectivity index (χ0v) is 17.4. The van der Waals surface area contributed by atoms with Gasteiger partial charge in [0.2, 0.25) is 11.8 Å². The van der Waals surface area contributed by atoms with Crippen molar-refractivity contribution >= 4 is 28.4 Å². The normalized spacial score (nSPS) is 14.7. The second-order valence-electron chi connectivity index (χ2n) is 7.93. The van der Waals surface area contributed by atoms with Crippen molar-refractivity contribution in [2.24, 2.45) is 0 Å². The van der Waals surface area contributed by atoms with E-state index in [0.717, 1.165) is 18.4 Å². The van der Waals surface area contributed by atoms with E-state index in [1.807, 2.05) is 28.1 Å². The Kier molecular flexibility index (Phi) is 6.62. The number of hydrogen-bond acceptors (Lipinski definition) is 3. The Balaban J connectivity index is 1.17. The van der Waals surface area contributed by atoms with Gasteiger partial charge in [0.25, 0.3) is 0 Å². The SMILES string of the molecule is O=C(CN1CCN(C(=O)CCCc2c[nH]c3ccccc23)CC1)Nc1ccc(F)cc1. The van der Waals surface area contributed by atoms with E-state index < -0.39 is 0 Å². The van der Waals surface area contributed by atoms with Crippen molar-refractivity contribution in [3.05, 3.63) is 66.1 Å². The number of para-hydroxylation sites is 1. The van der Waals surface area contributed by atoms with E-state index in [-0.39, 0.29) is 24.2 Å². The molecule has 1 fully saturated rings. The van der Waals surface area contributed by atoms with E-state index in [1.54, 1.807) is 12.1 Å². The molecule has 1 aliphatic heterocycles. The molecule has 3 aromatic rings. The van der Waals surface area contributed by atoms with Crippen molar-refractivity contribution in [1.29, 1.82) is 0 Å². The minimum Gasteiger partial charge on any atom is -0.361 e. The number of carbonyl (C=O) groups excluding carboxylic acids is 2. The zero-order chi connectivity index (χ0) is 21.6. The number of rotatable bonds is 7. The molecule has 0 bridgehead atoms. The average molecular weight is 423 g/mol. The van der Waals surface area contributed by atoms with Gasteiger partial charge in [0, 0.05) is 55.4 Å². The standard InChI is InChI=1S/C24H27FN4O2/c25-19-8-10-20(11-9-19)27-23(30)17-28-12-14-29(15-13-28)24(31)7-3-4-18-16-26-22-6-2-1-5-21(18)22/h1-2,5-6,8-11,16,26H,3-4,7,12-15,17H2,(H,27,30). The second-order valence-corrected chi connectivity index (χ2v) is 7.93. The number of nitrogens with one attached hydrogen (secondary N) is 2. The molecule has 2 aromatic carbocycles. The van der Waals surface area contributed by atoms with E-state index in [9.17, 15) is 14.0 Å². The number of halogens is 1. The molecule has 0 spiro atoms. The van der Waals surface area contributed by atoms with Gasteiger partial charge in [0.05, 0.1) is 6.54 Å². The van der Waals surface area contributed by atoms with Gasteiger partial charge in [-0.1, -0.05) is 18.2 Å². The van der Waals surface area contributed by atoms with Crippen molar-refractivity contribution in [2.45, 2.75) is 19.3 Å². The Labute approximate surface area is 181 Å². The number of aromatic amines is 1. The Hall–Kier alpha value is -3.19. The molecule has 162 valence electrons. The third-order valence-electron chi connectivity index (χ3n) is 5.73. The minimum absolute atomic E-state index is 0.134. The summed E-state index contributed by atoms with van der Waals surface area (Å²) in [7, 11) is 0. The van der Waals surface area contributed by atoms with Crippen LogP contribution in [0.4, 0.5) is 10.1 Å². The summed E-state index contributed by atoms with van der Waals surface area (Å²) in [5.41, 5.74) is 2.96. The lowest BCUT2D eigenvalue weighted by atomic mass is 10.1. The van der Waals surface area contributed by atoms with Gasteiger partial charge < -0.3 is 15.2 Å². The predicted molar refractivity (Wildman–Crippen MR) is 119 cm³/mol. The number of H-pyrrole nitrogens is 1. The van der Waals surface area contributed by atoms with Crippen molar-refractivity contribution in [3.8, 4) is 0 Å². The summed E-state index contributed by atoms with van der Waals surface area (Å²) in [6, 6.07) is 13.9. The number of piperazine rings is 1. The first kappa shape index (κ1) is 21.1. The Morgan fingerprint density at radius 1 is 1.00 bits per heavy atom. The van der Waals surface area contributed by atoms with E-state index in [2.05, 4.69) is 22.4 Å². The van der Waals surface area contributed by atoms with Crippen LogP contribution in [0.3, 0.4) is 0 Å². The monoisotopic (exact) mass is 422 g/mol. The molecule has 2 heterocycles. The van der Waals surface area contributed by atoms with E-state index in [0.29, 0.717) is 38.3 Å². The van der Waals surface area contributed by atoms with Crippen molar-refractivity contribution in [3.63, 3.8) is 0 Å². The van der Waals surface area contributed by atoms with Crippen LogP contribution in [0.1, 0.15) is 18.4 Å². The number of anilines is 1. The van der Waals surface area contributed by atoms with Crippen LogP contribution >= 0.6 is 0 Å². The molecule has 1 saturated heterocycles. The quantitative estimate of drug-likeness (QED) is 0.613. The number of aromatic nitrogens is 1. The first-order valence-corrected chi connectivity index (χ1v) is 10.7. The van der Waals surface area contributed by atoms with E-state index in [4.69, 9.17) is 0 Å². The third kappa shape index (κ3) is 5.49. The van der Waals surface area contributed by atoms with Crippen LogP contribution in [0, 0.1) is 5.82 Å². The Morgan fingerprint density at radius 3 is 2.52 bits per heavy atom. The molecule has 0 aliphatic carbocycles. The van der Waals surface area contributed by atoms with Gasteiger partial charge in [0.15, 0.2) is 0 Å². The average Bonchev–Trinajstić information content (AvgIpc) is 3.19. The highest BCUT2D eigenvalue weighted by Crippen LogP contribution is 2.19. The smallest absolute Gasteiger partial charge is 0.238 e. The molecular formula is C24H27FN4O2. The molecule has 2 amide bonds. The molecular weight excluding hydrogens is 395 g/mol. The van der Waals surface area contributed by atoms with Gasteiger partial charge in [-0.15, -0.1) is 0 Å². The van der Waals surface area contributed by atoms with Gasteiger partial charge in [-0.25, -0.2) is 4.39 Å². The largest absolute Gasteiger partial charge is 0.361 e. The number of carbonyl (C=O) groups is 2. The predicted octanol–water partition coefficient (Wildman–Crippen LogP) is 3.41. The van der Waals surface area contributed by atoms with Gasteiger partial charge in [-0.2, -0.15) is 0 Å². The summed E-state index contributed by atoms with van der Waals surface area (Å²) in [5, 5.41) is 4.00. The lowest BCUT2D eigenvalue weighted by Crippen LogP contribution is -2.50. The van der Waals surface area contributed by atoms with Crippen LogP contribution in [0.15, 0.2) is 54.7 Å². The fourth-order valence-corrected chi connectivity index (χ4v) is 4.02.